The van der Waals surface area contributed by atoms with Gasteiger partial charge in [-0.25, -0.2) is 10.2 Å². The molecule has 0 saturated heterocycles. The molecule has 0 radical (unpaired) electrons. The van der Waals surface area contributed by atoms with Gasteiger partial charge in [-0.1, -0.05) is 32.0 Å². The molecule has 100 valence electrons. The van der Waals surface area contributed by atoms with Crippen LogP contribution in [0.1, 0.15) is 19.4 Å². The van der Waals surface area contributed by atoms with E-state index in [2.05, 4.69) is 24.3 Å². The summed E-state index contributed by atoms with van der Waals surface area (Å²) < 4.78 is 13.5. The predicted molar refractivity (Wildman–Crippen MR) is 72.3 cm³/mol. The van der Waals surface area contributed by atoms with Gasteiger partial charge in [0.05, 0.1) is 0 Å². The number of hydrazine groups is 1. The molecule has 0 aromatic heterocycles. The van der Waals surface area contributed by atoms with Crippen molar-refractivity contribution in [1.82, 2.24) is 10.3 Å². The summed E-state index contributed by atoms with van der Waals surface area (Å²) in [6.45, 7) is 5.26. The van der Waals surface area contributed by atoms with Gasteiger partial charge in [-0.05, 0) is 12.0 Å². The monoisotopic (exact) mass is 252 g/mol. The maximum atomic E-state index is 13.5. The van der Waals surface area contributed by atoms with Gasteiger partial charge in [-0.3, -0.25) is 10.4 Å². The van der Waals surface area contributed by atoms with Crippen LogP contribution >= 0.6 is 0 Å². The molecule has 0 aliphatic carbocycles. The van der Waals surface area contributed by atoms with E-state index in [-0.39, 0.29) is 5.82 Å². The van der Waals surface area contributed by atoms with Crippen molar-refractivity contribution in [3.05, 3.63) is 35.6 Å². The van der Waals surface area contributed by atoms with Crippen LogP contribution in [0.4, 0.5) is 4.39 Å². The van der Waals surface area contributed by atoms with Crippen molar-refractivity contribution >= 4 is 5.96 Å². The molecule has 1 aromatic carbocycles. The van der Waals surface area contributed by atoms with Gasteiger partial charge < -0.3 is 4.90 Å². The molecule has 0 fully saturated rings. The van der Waals surface area contributed by atoms with E-state index in [0.717, 1.165) is 0 Å². The highest BCUT2D eigenvalue weighted by Crippen LogP contribution is 2.08. The van der Waals surface area contributed by atoms with Crippen LogP contribution in [-0.2, 0) is 6.54 Å². The summed E-state index contributed by atoms with van der Waals surface area (Å²) in [4.78, 5) is 6.14. The molecule has 0 bridgehead atoms. The molecule has 0 amide bonds. The average Bonchev–Trinajstić information content (AvgIpc) is 2.32. The minimum absolute atomic E-state index is 0.218. The van der Waals surface area contributed by atoms with E-state index in [9.17, 15) is 4.39 Å². The van der Waals surface area contributed by atoms with Gasteiger partial charge >= 0.3 is 0 Å². The van der Waals surface area contributed by atoms with Crippen LogP contribution in [0.5, 0.6) is 0 Å². The number of nitrogens with two attached hydrogens (primary N) is 1. The quantitative estimate of drug-likeness (QED) is 0.371. The Morgan fingerprint density at radius 3 is 2.67 bits per heavy atom. The Labute approximate surface area is 108 Å². The molecule has 1 aromatic rings. The van der Waals surface area contributed by atoms with Crippen molar-refractivity contribution in [1.29, 1.82) is 0 Å². The van der Waals surface area contributed by atoms with Crippen molar-refractivity contribution in [2.75, 3.05) is 13.6 Å². The van der Waals surface area contributed by atoms with Gasteiger partial charge in [0.15, 0.2) is 0 Å². The lowest BCUT2D eigenvalue weighted by atomic mass is 10.2. The number of guanidine groups is 1. The zero-order valence-electron chi connectivity index (χ0n) is 11.2. The summed E-state index contributed by atoms with van der Waals surface area (Å²) in [5.74, 6) is 6.23. The highest BCUT2D eigenvalue weighted by atomic mass is 19.1. The minimum Gasteiger partial charge on any atom is -0.341 e. The number of hydrogen-bond donors (Lipinski definition) is 2. The first kappa shape index (κ1) is 14.4. The second-order valence-electron chi connectivity index (χ2n) is 4.65. The molecule has 5 heteroatoms. The van der Waals surface area contributed by atoms with Crippen LogP contribution in [-0.4, -0.2) is 24.5 Å². The minimum atomic E-state index is -0.218. The molecule has 0 saturated carbocycles. The molecule has 0 aliphatic heterocycles. The summed E-state index contributed by atoms with van der Waals surface area (Å²) in [5, 5.41) is 0. The molecule has 0 unspecified atom stereocenters. The first-order valence-corrected chi connectivity index (χ1v) is 6.00. The topological polar surface area (TPSA) is 53.6 Å². The molecular weight excluding hydrogens is 231 g/mol. The number of hydrogen-bond acceptors (Lipinski definition) is 2. The van der Waals surface area contributed by atoms with Crippen LogP contribution in [0.2, 0.25) is 0 Å². The highest BCUT2D eigenvalue weighted by Gasteiger charge is 2.08. The second kappa shape index (κ2) is 6.96. The number of rotatable bonds is 4. The molecule has 4 nitrogen and oxygen atoms in total. The van der Waals surface area contributed by atoms with Crippen LogP contribution in [0.3, 0.4) is 0 Å². The van der Waals surface area contributed by atoms with E-state index >= 15 is 0 Å². The second-order valence-corrected chi connectivity index (χ2v) is 4.65. The van der Waals surface area contributed by atoms with Crippen LogP contribution < -0.4 is 11.3 Å². The third kappa shape index (κ3) is 4.33. The smallest absolute Gasteiger partial charge is 0.208 e. The van der Waals surface area contributed by atoms with Crippen molar-refractivity contribution in [3.63, 3.8) is 0 Å². The Balaban J connectivity index is 2.71. The summed E-state index contributed by atoms with van der Waals surface area (Å²) in [5.41, 5.74) is 3.17. The third-order valence-electron chi connectivity index (χ3n) is 2.46. The SMILES string of the molecule is CC(C)CN=C(NN)N(C)Cc1ccccc1F. The zero-order chi connectivity index (χ0) is 13.5. The Morgan fingerprint density at radius 1 is 1.44 bits per heavy atom. The maximum Gasteiger partial charge on any atom is 0.208 e. The van der Waals surface area contributed by atoms with Crippen molar-refractivity contribution in [3.8, 4) is 0 Å². The number of halogens is 1. The summed E-state index contributed by atoms with van der Waals surface area (Å²) in [7, 11) is 1.82. The number of nitrogens with zero attached hydrogens (tertiary/aromatic N) is 2. The lowest BCUT2D eigenvalue weighted by molar-refractivity contribution is 0.458. The molecular formula is C13H21FN4. The van der Waals surface area contributed by atoms with Gasteiger partial charge in [0.1, 0.15) is 5.82 Å². The van der Waals surface area contributed by atoms with Gasteiger partial charge in [-0.2, -0.15) is 0 Å². The maximum absolute atomic E-state index is 13.5. The first-order valence-electron chi connectivity index (χ1n) is 6.00. The predicted octanol–water partition coefficient (Wildman–Crippen LogP) is 1.73. The molecule has 1 rings (SSSR count). The summed E-state index contributed by atoms with van der Waals surface area (Å²) in [6, 6.07) is 6.69. The van der Waals surface area contributed by atoms with E-state index in [0.29, 0.717) is 30.5 Å². The number of aliphatic imine (C=N–C) groups is 1. The van der Waals surface area contributed by atoms with E-state index in [1.807, 2.05) is 13.1 Å². The summed E-state index contributed by atoms with van der Waals surface area (Å²) in [6.07, 6.45) is 0. The van der Waals surface area contributed by atoms with E-state index in [4.69, 9.17) is 5.84 Å². The average molecular weight is 252 g/mol. The Kier molecular flexibility index (Phi) is 5.58. The van der Waals surface area contributed by atoms with Gasteiger partial charge in [-0.15, -0.1) is 0 Å². The Morgan fingerprint density at radius 2 is 2.11 bits per heavy atom. The molecule has 0 heterocycles. The fraction of sp³-hybridized carbons (Fsp3) is 0.462. The fourth-order valence-corrected chi connectivity index (χ4v) is 1.50. The number of nitrogens with one attached hydrogen (secondary N) is 1. The normalized spacial score (nSPS) is 11.8. The van der Waals surface area contributed by atoms with E-state index < -0.39 is 0 Å². The van der Waals surface area contributed by atoms with E-state index in [1.165, 1.54) is 6.07 Å². The van der Waals surface area contributed by atoms with Gasteiger partial charge in [0, 0.05) is 25.7 Å². The Bertz CT molecular complexity index is 404. The first-order chi connectivity index (χ1) is 8.54. The zero-order valence-corrected chi connectivity index (χ0v) is 11.2. The number of benzene rings is 1. The van der Waals surface area contributed by atoms with Crippen LogP contribution in [0.15, 0.2) is 29.3 Å². The van der Waals surface area contributed by atoms with E-state index in [1.54, 1.807) is 17.0 Å². The summed E-state index contributed by atoms with van der Waals surface area (Å²) >= 11 is 0. The lowest BCUT2D eigenvalue weighted by Crippen LogP contribution is -2.42. The fourth-order valence-electron chi connectivity index (χ4n) is 1.50. The van der Waals surface area contributed by atoms with Gasteiger partial charge in [0.2, 0.25) is 5.96 Å². The highest BCUT2D eigenvalue weighted by molar-refractivity contribution is 5.79. The Hall–Kier alpha value is -1.62. The van der Waals surface area contributed by atoms with Crippen molar-refractivity contribution in [2.45, 2.75) is 20.4 Å². The standard InChI is InChI=1S/C13H21FN4/c1-10(2)8-16-13(17-15)18(3)9-11-6-4-5-7-12(11)14/h4-7,10H,8-9,15H2,1-3H3,(H,16,17). The van der Waals surface area contributed by atoms with Gasteiger partial charge in [0.25, 0.3) is 0 Å². The molecule has 3 N–H and O–H groups in total. The molecule has 0 aliphatic rings. The van der Waals surface area contributed by atoms with Crippen LogP contribution in [0, 0.1) is 11.7 Å². The van der Waals surface area contributed by atoms with Crippen molar-refractivity contribution < 1.29 is 4.39 Å². The molecule has 18 heavy (non-hydrogen) atoms. The lowest BCUT2D eigenvalue weighted by Gasteiger charge is -2.21. The van der Waals surface area contributed by atoms with Crippen molar-refractivity contribution in [2.24, 2.45) is 16.8 Å². The molecule has 0 spiro atoms. The van der Waals surface area contributed by atoms with Crippen LogP contribution in [0.25, 0.3) is 0 Å². The largest absolute Gasteiger partial charge is 0.341 e. The molecule has 0 atom stereocenters. The third-order valence-corrected chi connectivity index (χ3v) is 2.46.